The van der Waals surface area contributed by atoms with E-state index in [1.807, 2.05) is 37.4 Å². The molecule has 144 valence electrons. The number of carbonyl (C=O) groups is 1. The van der Waals surface area contributed by atoms with E-state index < -0.39 is 0 Å². The van der Waals surface area contributed by atoms with Crippen LogP contribution in [0.3, 0.4) is 0 Å². The number of nitrogens with zero attached hydrogens (tertiary/aromatic N) is 2. The number of pyridine rings is 1. The predicted octanol–water partition coefficient (Wildman–Crippen LogP) is 3.34. The molecule has 0 aliphatic heterocycles. The third-order valence-electron chi connectivity index (χ3n) is 4.77. The van der Waals surface area contributed by atoms with Crippen LogP contribution in [0.4, 0.5) is 10.5 Å². The van der Waals surface area contributed by atoms with Crippen molar-refractivity contribution < 1.29 is 9.53 Å². The summed E-state index contributed by atoms with van der Waals surface area (Å²) < 4.78 is 5.91. The van der Waals surface area contributed by atoms with Crippen LogP contribution in [0.25, 0.3) is 0 Å². The monoisotopic (exact) mass is 368 g/mol. The summed E-state index contributed by atoms with van der Waals surface area (Å²) in [5.74, 6) is 0.645. The van der Waals surface area contributed by atoms with Crippen LogP contribution in [-0.4, -0.2) is 37.3 Å². The lowest BCUT2D eigenvalue weighted by Gasteiger charge is -2.19. The van der Waals surface area contributed by atoms with Gasteiger partial charge in [-0.15, -0.1) is 0 Å². The number of aromatic nitrogens is 1. The number of ether oxygens (including phenoxy) is 1. The van der Waals surface area contributed by atoms with Gasteiger partial charge < -0.3 is 20.3 Å². The molecular formula is C21H28N4O2. The van der Waals surface area contributed by atoms with Crippen molar-refractivity contribution in [1.82, 2.24) is 15.6 Å². The highest BCUT2D eigenvalue weighted by atomic mass is 16.5. The summed E-state index contributed by atoms with van der Waals surface area (Å²) in [5, 5.41) is 5.77. The number of hydrogen-bond donors (Lipinski definition) is 2. The Balaban J connectivity index is 1.37. The Morgan fingerprint density at radius 3 is 2.74 bits per heavy atom. The first-order chi connectivity index (χ1) is 13.2. The van der Waals surface area contributed by atoms with Crippen LogP contribution >= 0.6 is 0 Å². The van der Waals surface area contributed by atoms with Gasteiger partial charge >= 0.3 is 6.03 Å². The zero-order valence-electron chi connectivity index (χ0n) is 15.9. The Morgan fingerprint density at radius 2 is 1.96 bits per heavy atom. The van der Waals surface area contributed by atoms with Gasteiger partial charge in [0.2, 0.25) is 5.88 Å². The first kappa shape index (κ1) is 19.0. The van der Waals surface area contributed by atoms with Crippen molar-refractivity contribution in [2.24, 2.45) is 0 Å². The molecule has 0 atom stereocenters. The number of hydrogen-bond acceptors (Lipinski definition) is 4. The molecule has 1 aromatic heterocycles. The molecule has 0 unspecified atom stereocenters. The van der Waals surface area contributed by atoms with E-state index in [-0.39, 0.29) is 12.1 Å². The highest BCUT2D eigenvalue weighted by Gasteiger charge is 2.17. The molecule has 1 saturated carbocycles. The molecule has 6 nitrogen and oxygen atoms in total. The van der Waals surface area contributed by atoms with Gasteiger partial charge in [0.15, 0.2) is 0 Å². The fourth-order valence-corrected chi connectivity index (χ4v) is 3.20. The molecule has 0 spiro atoms. The Morgan fingerprint density at radius 1 is 1.19 bits per heavy atom. The maximum atomic E-state index is 12.0. The maximum Gasteiger partial charge on any atom is 0.315 e. The zero-order chi connectivity index (χ0) is 18.9. The summed E-state index contributed by atoms with van der Waals surface area (Å²) in [6.07, 6.45) is 6.67. The number of para-hydroxylation sites is 1. The van der Waals surface area contributed by atoms with Gasteiger partial charge in [0.25, 0.3) is 0 Å². The van der Waals surface area contributed by atoms with Crippen molar-refractivity contribution in [2.75, 3.05) is 25.0 Å². The van der Waals surface area contributed by atoms with Crippen LogP contribution in [-0.2, 0) is 6.54 Å². The Kier molecular flexibility index (Phi) is 6.90. The lowest BCUT2D eigenvalue weighted by atomic mass is 10.2. The number of likely N-dealkylation sites (N-methyl/N-ethyl adjacent to an activating group) is 1. The number of anilines is 1. The summed E-state index contributed by atoms with van der Waals surface area (Å²) in [6.45, 7) is 1.76. The normalized spacial score (nSPS) is 14.0. The Bertz CT molecular complexity index is 717. The molecule has 0 bridgehead atoms. The minimum atomic E-state index is -0.175. The Labute approximate surface area is 160 Å². The first-order valence-corrected chi connectivity index (χ1v) is 9.60. The SMILES string of the molecule is CN(CCNC(=O)NCc1ccnc(OC2CCCC2)c1)c1ccccc1. The fraction of sp³-hybridized carbons (Fsp3) is 0.429. The average Bonchev–Trinajstić information content (AvgIpc) is 3.20. The summed E-state index contributed by atoms with van der Waals surface area (Å²) in [4.78, 5) is 18.4. The Hall–Kier alpha value is -2.76. The quantitative estimate of drug-likeness (QED) is 0.750. The number of urea groups is 1. The molecule has 2 aromatic rings. The second-order valence-corrected chi connectivity index (χ2v) is 6.89. The highest BCUT2D eigenvalue weighted by Crippen LogP contribution is 2.23. The second-order valence-electron chi connectivity index (χ2n) is 6.89. The van der Waals surface area contributed by atoms with Gasteiger partial charge in [0.05, 0.1) is 0 Å². The largest absolute Gasteiger partial charge is 0.474 e. The molecule has 1 aliphatic carbocycles. The van der Waals surface area contributed by atoms with Gasteiger partial charge in [-0.2, -0.15) is 0 Å². The second kappa shape index (κ2) is 9.80. The van der Waals surface area contributed by atoms with Gasteiger partial charge in [-0.3, -0.25) is 0 Å². The van der Waals surface area contributed by atoms with Crippen LogP contribution in [0.5, 0.6) is 5.88 Å². The van der Waals surface area contributed by atoms with E-state index in [9.17, 15) is 4.79 Å². The average molecular weight is 368 g/mol. The first-order valence-electron chi connectivity index (χ1n) is 9.60. The maximum absolute atomic E-state index is 12.0. The van der Waals surface area contributed by atoms with Crippen molar-refractivity contribution in [1.29, 1.82) is 0 Å². The van der Waals surface area contributed by atoms with Crippen LogP contribution in [0.15, 0.2) is 48.7 Å². The molecule has 1 heterocycles. The highest BCUT2D eigenvalue weighted by molar-refractivity contribution is 5.73. The van der Waals surface area contributed by atoms with Crippen LogP contribution in [0, 0.1) is 0 Å². The predicted molar refractivity (Wildman–Crippen MR) is 107 cm³/mol. The molecule has 0 saturated heterocycles. The van der Waals surface area contributed by atoms with Crippen LogP contribution in [0.1, 0.15) is 31.2 Å². The van der Waals surface area contributed by atoms with Crippen molar-refractivity contribution in [2.45, 2.75) is 38.3 Å². The summed E-state index contributed by atoms with van der Waals surface area (Å²) in [7, 11) is 2.01. The van der Waals surface area contributed by atoms with Gasteiger partial charge in [0.1, 0.15) is 6.10 Å². The van der Waals surface area contributed by atoms with E-state index in [4.69, 9.17) is 4.74 Å². The van der Waals surface area contributed by atoms with E-state index in [0.717, 1.165) is 30.6 Å². The molecule has 1 fully saturated rings. The molecule has 3 rings (SSSR count). The third-order valence-corrected chi connectivity index (χ3v) is 4.77. The molecule has 0 radical (unpaired) electrons. The van der Waals surface area contributed by atoms with E-state index in [2.05, 4.69) is 32.7 Å². The van der Waals surface area contributed by atoms with Crippen molar-refractivity contribution >= 4 is 11.7 Å². The van der Waals surface area contributed by atoms with Gasteiger partial charge in [-0.1, -0.05) is 18.2 Å². The minimum absolute atomic E-state index is 0.175. The van der Waals surface area contributed by atoms with E-state index >= 15 is 0 Å². The molecule has 6 heteroatoms. The minimum Gasteiger partial charge on any atom is -0.474 e. The molecule has 2 amide bonds. The van der Waals surface area contributed by atoms with Gasteiger partial charge in [-0.05, 0) is 49.4 Å². The molecule has 27 heavy (non-hydrogen) atoms. The zero-order valence-corrected chi connectivity index (χ0v) is 15.9. The van der Waals surface area contributed by atoms with Gasteiger partial charge in [-0.25, -0.2) is 9.78 Å². The standard InChI is InChI=1S/C21H28N4O2/c1-25(18-7-3-2-4-8-18)14-13-23-21(26)24-16-17-11-12-22-20(15-17)27-19-9-5-6-10-19/h2-4,7-8,11-12,15,19H,5-6,9-10,13-14,16H2,1H3,(H2,23,24,26). The van der Waals surface area contributed by atoms with Crippen molar-refractivity contribution in [3.8, 4) is 5.88 Å². The molecule has 2 N–H and O–H groups in total. The summed E-state index contributed by atoms with van der Waals surface area (Å²) in [6, 6.07) is 13.7. The van der Waals surface area contributed by atoms with E-state index in [1.54, 1.807) is 6.20 Å². The number of carbonyl (C=O) groups excluding carboxylic acids is 1. The molecule has 1 aliphatic rings. The topological polar surface area (TPSA) is 66.5 Å². The summed E-state index contributed by atoms with van der Waals surface area (Å²) >= 11 is 0. The van der Waals surface area contributed by atoms with E-state index in [0.29, 0.717) is 19.0 Å². The number of rotatable bonds is 8. The number of benzene rings is 1. The van der Waals surface area contributed by atoms with Crippen molar-refractivity contribution in [3.63, 3.8) is 0 Å². The smallest absolute Gasteiger partial charge is 0.315 e. The third kappa shape index (κ3) is 6.16. The lowest BCUT2D eigenvalue weighted by Crippen LogP contribution is -2.39. The fourth-order valence-electron chi connectivity index (χ4n) is 3.20. The number of amides is 2. The van der Waals surface area contributed by atoms with Crippen LogP contribution < -0.4 is 20.3 Å². The molecule has 1 aromatic carbocycles. The molecular weight excluding hydrogens is 340 g/mol. The van der Waals surface area contributed by atoms with Gasteiger partial charge in [0, 0.05) is 44.6 Å². The number of nitrogens with one attached hydrogen (secondary N) is 2. The van der Waals surface area contributed by atoms with Crippen LogP contribution in [0.2, 0.25) is 0 Å². The van der Waals surface area contributed by atoms with E-state index in [1.165, 1.54) is 12.8 Å². The van der Waals surface area contributed by atoms with Crippen molar-refractivity contribution in [3.05, 3.63) is 54.2 Å². The summed E-state index contributed by atoms with van der Waals surface area (Å²) in [5.41, 5.74) is 2.11. The lowest BCUT2D eigenvalue weighted by molar-refractivity contribution is 0.201.